The number of fused-ring (bicyclic) bond motifs is 3. The van der Waals surface area contributed by atoms with E-state index in [1.54, 1.807) is 11.7 Å². The number of nitrogens with one attached hydrogen (secondary N) is 2. The molecule has 31 heavy (non-hydrogen) atoms. The number of methoxy groups -OCH3 is 1. The van der Waals surface area contributed by atoms with E-state index in [1.807, 2.05) is 18.2 Å². The predicted molar refractivity (Wildman–Crippen MR) is 125 cm³/mol. The van der Waals surface area contributed by atoms with Crippen molar-refractivity contribution in [3.8, 4) is 5.75 Å². The summed E-state index contributed by atoms with van der Waals surface area (Å²) in [6.45, 7) is 3.53. The number of likely N-dealkylation sites (tertiary alicyclic amines) is 1. The average molecular weight is 443 g/mol. The maximum atomic E-state index is 13.1. The van der Waals surface area contributed by atoms with Crippen molar-refractivity contribution in [2.24, 2.45) is 0 Å². The molecule has 1 aromatic carbocycles. The zero-order valence-electron chi connectivity index (χ0n) is 18.2. The molecule has 166 valence electrons. The number of nitrogens with zero attached hydrogens (tertiary/aromatic N) is 2. The third-order valence-corrected chi connectivity index (χ3v) is 6.71. The van der Waals surface area contributed by atoms with Crippen LogP contribution in [0.25, 0.3) is 21.9 Å². The zero-order valence-corrected chi connectivity index (χ0v) is 19.0. The molecule has 8 heteroatoms. The van der Waals surface area contributed by atoms with Gasteiger partial charge in [0, 0.05) is 36.5 Å². The molecule has 7 nitrogen and oxygen atoms in total. The van der Waals surface area contributed by atoms with Gasteiger partial charge in [0.25, 0.3) is 5.56 Å². The summed E-state index contributed by atoms with van der Waals surface area (Å²) in [7, 11) is 1.61. The normalized spacial score (nSPS) is 16.8. The quantitative estimate of drug-likeness (QED) is 0.417. The molecular weight excluding hydrogens is 412 g/mol. The number of hydrogen-bond acceptors (Lipinski definition) is 4. The van der Waals surface area contributed by atoms with Crippen LogP contribution < -0.4 is 10.3 Å². The lowest BCUT2D eigenvalue weighted by molar-refractivity contribution is -0.135. The van der Waals surface area contributed by atoms with Crippen molar-refractivity contribution < 1.29 is 9.53 Å². The van der Waals surface area contributed by atoms with Crippen LogP contribution in [0.1, 0.15) is 51.9 Å². The number of aromatic nitrogens is 3. The molecule has 0 bridgehead atoms. The summed E-state index contributed by atoms with van der Waals surface area (Å²) in [6.07, 6.45) is 6.45. The number of rotatable bonds is 7. The minimum Gasteiger partial charge on any atom is -0.497 e. The van der Waals surface area contributed by atoms with Gasteiger partial charge in [-0.25, -0.2) is 0 Å². The number of benzene rings is 1. The van der Waals surface area contributed by atoms with Crippen LogP contribution in [0.2, 0.25) is 0 Å². The molecule has 2 N–H and O–H groups in total. The van der Waals surface area contributed by atoms with Crippen molar-refractivity contribution in [2.45, 2.75) is 64.5 Å². The van der Waals surface area contributed by atoms with Crippen LogP contribution in [0, 0.1) is 4.77 Å². The molecule has 1 atom stereocenters. The number of piperidine rings is 1. The third kappa shape index (κ3) is 4.26. The first-order valence-electron chi connectivity index (χ1n) is 11.2. The molecule has 1 aliphatic heterocycles. The first kappa shape index (κ1) is 21.6. The summed E-state index contributed by atoms with van der Waals surface area (Å²) in [5, 5.41) is 0.877. The highest BCUT2D eigenvalue weighted by molar-refractivity contribution is 7.71. The Labute approximate surface area is 186 Å². The summed E-state index contributed by atoms with van der Waals surface area (Å²) >= 11 is 5.48. The van der Waals surface area contributed by atoms with Crippen LogP contribution in [0.4, 0.5) is 0 Å². The Bertz CT molecular complexity index is 1210. The Hall–Kier alpha value is -2.61. The van der Waals surface area contributed by atoms with Crippen LogP contribution in [0.3, 0.4) is 0 Å². The summed E-state index contributed by atoms with van der Waals surface area (Å²) in [4.78, 5) is 34.2. The van der Waals surface area contributed by atoms with Crippen LogP contribution >= 0.6 is 12.2 Å². The van der Waals surface area contributed by atoms with Crippen molar-refractivity contribution in [3.05, 3.63) is 33.3 Å². The molecule has 0 aliphatic carbocycles. The van der Waals surface area contributed by atoms with E-state index in [1.165, 1.54) is 6.42 Å². The van der Waals surface area contributed by atoms with Crippen molar-refractivity contribution >= 4 is 40.1 Å². The van der Waals surface area contributed by atoms with Gasteiger partial charge in [-0.3, -0.25) is 14.2 Å². The molecule has 0 saturated carbocycles. The fraction of sp³-hybridized carbons (Fsp3) is 0.522. The lowest BCUT2D eigenvalue weighted by atomic mass is 9.99. The van der Waals surface area contributed by atoms with Crippen molar-refractivity contribution in [1.82, 2.24) is 19.4 Å². The monoisotopic (exact) mass is 442 g/mol. The number of carbonyl (C=O) groups excluding carboxylic acids is 1. The van der Waals surface area contributed by atoms with E-state index in [2.05, 4.69) is 21.8 Å². The standard InChI is InChI=1S/C23H30N4O3S/c1-3-15-8-4-6-12-26(15)19(28)9-5-7-13-27-22(29)21-20(25-23(27)31)17-14-16(30-2)10-11-18(17)24-21/h10-11,14-15,24H,3-9,12-13H2,1-2H3,(H,25,31)/t15-/m1/s1. The van der Waals surface area contributed by atoms with Crippen LogP contribution in [-0.4, -0.2) is 45.0 Å². The van der Waals surface area contributed by atoms with E-state index in [9.17, 15) is 9.59 Å². The Balaban J connectivity index is 1.46. The van der Waals surface area contributed by atoms with Gasteiger partial charge in [-0.1, -0.05) is 6.92 Å². The second-order valence-corrected chi connectivity index (χ2v) is 8.66. The molecule has 3 heterocycles. The molecule has 1 aliphatic rings. The number of amides is 1. The highest BCUT2D eigenvalue weighted by Crippen LogP contribution is 2.26. The molecule has 4 rings (SSSR count). The molecule has 1 saturated heterocycles. The van der Waals surface area contributed by atoms with E-state index < -0.39 is 0 Å². The summed E-state index contributed by atoms with van der Waals surface area (Å²) in [5.74, 6) is 0.963. The molecule has 0 unspecified atom stereocenters. The van der Waals surface area contributed by atoms with Crippen LogP contribution in [-0.2, 0) is 11.3 Å². The van der Waals surface area contributed by atoms with Gasteiger partial charge in [-0.05, 0) is 68.9 Å². The SMILES string of the molecule is CC[C@@H]1CCCCN1C(=O)CCCCn1c(=S)[nH]c2c([nH]c3ccc(OC)cc32)c1=O. The van der Waals surface area contributed by atoms with Gasteiger partial charge in [-0.2, -0.15) is 0 Å². The molecular formula is C23H30N4O3S. The lowest BCUT2D eigenvalue weighted by Crippen LogP contribution is -2.43. The van der Waals surface area contributed by atoms with Crippen molar-refractivity contribution in [1.29, 1.82) is 0 Å². The molecule has 2 aromatic heterocycles. The topological polar surface area (TPSA) is 83.1 Å². The third-order valence-electron chi connectivity index (χ3n) is 6.38. The smallest absolute Gasteiger partial charge is 0.278 e. The maximum absolute atomic E-state index is 13.1. The van der Waals surface area contributed by atoms with Crippen LogP contribution in [0.5, 0.6) is 5.75 Å². The molecule has 1 amide bonds. The van der Waals surface area contributed by atoms with E-state index in [-0.39, 0.29) is 11.5 Å². The Morgan fingerprint density at radius 1 is 1.23 bits per heavy atom. The Morgan fingerprint density at radius 3 is 2.84 bits per heavy atom. The number of unbranched alkanes of at least 4 members (excludes halogenated alkanes) is 1. The van der Waals surface area contributed by atoms with Gasteiger partial charge >= 0.3 is 0 Å². The van der Waals surface area contributed by atoms with Gasteiger partial charge in [0.1, 0.15) is 11.3 Å². The minimum absolute atomic E-state index is 0.137. The fourth-order valence-corrected chi connectivity index (χ4v) is 4.91. The number of H-pyrrole nitrogens is 2. The number of carbonyl (C=O) groups is 1. The largest absolute Gasteiger partial charge is 0.497 e. The maximum Gasteiger partial charge on any atom is 0.278 e. The van der Waals surface area contributed by atoms with Crippen LogP contribution in [0.15, 0.2) is 23.0 Å². The van der Waals surface area contributed by atoms with Gasteiger partial charge < -0.3 is 19.6 Å². The summed E-state index contributed by atoms with van der Waals surface area (Å²) < 4.78 is 7.28. The van der Waals surface area contributed by atoms with Gasteiger partial charge in [-0.15, -0.1) is 0 Å². The first-order chi connectivity index (χ1) is 15.0. The van der Waals surface area contributed by atoms with E-state index in [0.717, 1.165) is 55.3 Å². The summed E-state index contributed by atoms with van der Waals surface area (Å²) in [6, 6.07) is 6.03. The minimum atomic E-state index is -0.137. The Morgan fingerprint density at radius 2 is 2.06 bits per heavy atom. The molecule has 1 fully saturated rings. The van der Waals surface area contributed by atoms with E-state index in [0.29, 0.717) is 34.8 Å². The van der Waals surface area contributed by atoms with Gasteiger partial charge in [0.2, 0.25) is 5.91 Å². The average Bonchev–Trinajstić information content (AvgIpc) is 3.16. The Kier molecular flexibility index (Phi) is 6.46. The van der Waals surface area contributed by atoms with E-state index in [4.69, 9.17) is 17.0 Å². The second kappa shape index (κ2) is 9.26. The zero-order chi connectivity index (χ0) is 22.0. The highest BCUT2D eigenvalue weighted by Gasteiger charge is 2.24. The molecule has 0 radical (unpaired) electrons. The number of aromatic amines is 2. The first-order valence-corrected chi connectivity index (χ1v) is 11.6. The summed E-state index contributed by atoms with van der Waals surface area (Å²) in [5.41, 5.74) is 1.93. The second-order valence-electron chi connectivity index (χ2n) is 8.28. The number of hydrogen-bond donors (Lipinski definition) is 2. The predicted octanol–water partition coefficient (Wildman–Crippen LogP) is 4.51. The fourth-order valence-electron chi connectivity index (χ4n) is 4.64. The van der Waals surface area contributed by atoms with Crippen molar-refractivity contribution in [2.75, 3.05) is 13.7 Å². The van der Waals surface area contributed by atoms with Gasteiger partial charge in [0.15, 0.2) is 4.77 Å². The highest BCUT2D eigenvalue weighted by atomic mass is 32.1. The number of ether oxygens (including phenoxy) is 1. The lowest BCUT2D eigenvalue weighted by Gasteiger charge is -2.35. The molecule has 3 aromatic rings. The van der Waals surface area contributed by atoms with Gasteiger partial charge in [0.05, 0.1) is 12.6 Å². The van der Waals surface area contributed by atoms with Crippen molar-refractivity contribution in [3.63, 3.8) is 0 Å². The van der Waals surface area contributed by atoms with E-state index >= 15 is 0 Å². The molecule has 0 spiro atoms.